The smallest absolute Gasteiger partial charge is 0.399 e. The maximum absolute atomic E-state index is 14.1. The molecule has 1 aliphatic heterocycles. The fourth-order valence-corrected chi connectivity index (χ4v) is 3.31. The van der Waals surface area contributed by atoms with E-state index in [-0.39, 0.29) is 5.47 Å². The number of allylic oxidation sites excluding steroid dienone is 2. The van der Waals surface area contributed by atoms with E-state index in [1.54, 1.807) is 0 Å². The first-order valence-corrected chi connectivity index (χ1v) is 10.1. The average Bonchev–Trinajstić information content (AvgIpc) is 2.75. The number of alkyl halides is 4. The summed E-state index contributed by atoms with van der Waals surface area (Å²) in [5.74, 6) is -5.05. The van der Waals surface area contributed by atoms with Gasteiger partial charge >= 0.3 is 7.12 Å². The van der Waals surface area contributed by atoms with Gasteiger partial charge in [-0.05, 0) is 73.0 Å². The highest BCUT2D eigenvalue weighted by atomic mass is 19.2. The summed E-state index contributed by atoms with van der Waals surface area (Å²) < 4.78 is 89.0. The Kier molecular flexibility index (Phi) is 7.72. The third-order valence-electron chi connectivity index (χ3n) is 5.21. The zero-order valence-corrected chi connectivity index (χ0v) is 19.1. The van der Waals surface area contributed by atoms with Crippen LogP contribution in [0.3, 0.4) is 0 Å². The SMILES string of the molecule is CC(F)OC1(OC(C)F)C=CC(B2OC(C)(C)C(C)(C)O2)=CC1(OC(C)F)OC(C)F. The zero-order valence-electron chi connectivity index (χ0n) is 19.1. The molecule has 1 fully saturated rings. The lowest BCUT2D eigenvalue weighted by molar-refractivity contribution is -0.429. The van der Waals surface area contributed by atoms with Crippen molar-refractivity contribution in [2.45, 2.75) is 104 Å². The Morgan fingerprint density at radius 2 is 1.06 bits per heavy atom. The van der Waals surface area contributed by atoms with Crippen LogP contribution in [0.1, 0.15) is 55.4 Å². The third kappa shape index (κ3) is 5.51. The molecule has 1 heterocycles. The average molecular weight is 454 g/mol. The summed E-state index contributed by atoms with van der Waals surface area (Å²) in [5.41, 5.74) is -1.21. The Morgan fingerprint density at radius 3 is 1.42 bits per heavy atom. The molecule has 0 N–H and O–H groups in total. The standard InChI is InChI=1S/C20H31BF4O6/c1-12(22)26-19(27-13(2)23)10-9-16(21-30-17(5,6)18(7,8)31-21)11-20(19,28-14(3)24)29-15(4)25/h9-15H,1-8H3. The van der Waals surface area contributed by atoms with Crippen molar-refractivity contribution in [1.82, 2.24) is 0 Å². The van der Waals surface area contributed by atoms with Crippen LogP contribution in [-0.4, -0.2) is 55.3 Å². The van der Waals surface area contributed by atoms with E-state index in [4.69, 9.17) is 28.3 Å². The Labute approximate surface area is 181 Å². The van der Waals surface area contributed by atoms with Gasteiger partial charge < -0.3 is 28.3 Å². The van der Waals surface area contributed by atoms with Crippen LogP contribution in [0.4, 0.5) is 17.6 Å². The molecule has 1 saturated heterocycles. The van der Waals surface area contributed by atoms with Crippen LogP contribution in [0.15, 0.2) is 23.7 Å². The number of hydrogen-bond acceptors (Lipinski definition) is 6. The fourth-order valence-electron chi connectivity index (χ4n) is 3.31. The van der Waals surface area contributed by atoms with E-state index in [2.05, 4.69) is 0 Å². The van der Waals surface area contributed by atoms with Crippen molar-refractivity contribution in [3.63, 3.8) is 0 Å². The van der Waals surface area contributed by atoms with E-state index < -0.39 is 55.3 Å². The van der Waals surface area contributed by atoms with Crippen LogP contribution in [0, 0.1) is 0 Å². The van der Waals surface area contributed by atoms with Gasteiger partial charge in [-0.1, -0.05) is 6.08 Å². The zero-order chi connectivity index (χ0) is 23.8. The molecule has 0 aromatic rings. The predicted molar refractivity (Wildman–Crippen MR) is 105 cm³/mol. The van der Waals surface area contributed by atoms with Gasteiger partial charge in [0.15, 0.2) is 25.4 Å². The first kappa shape index (κ1) is 26.3. The van der Waals surface area contributed by atoms with Crippen molar-refractivity contribution in [1.29, 1.82) is 0 Å². The second-order valence-corrected chi connectivity index (χ2v) is 8.54. The molecule has 31 heavy (non-hydrogen) atoms. The monoisotopic (exact) mass is 454 g/mol. The molecule has 178 valence electrons. The number of hydrogen-bond donors (Lipinski definition) is 0. The summed E-state index contributed by atoms with van der Waals surface area (Å²) in [6, 6.07) is 0. The molecule has 0 aromatic heterocycles. The molecule has 4 atom stereocenters. The van der Waals surface area contributed by atoms with Crippen molar-refractivity contribution >= 4 is 7.12 Å². The summed E-state index contributed by atoms with van der Waals surface area (Å²) in [6.07, 6.45) is -4.65. The minimum atomic E-state index is -2.55. The van der Waals surface area contributed by atoms with Gasteiger partial charge in [0.25, 0.3) is 11.6 Å². The second-order valence-electron chi connectivity index (χ2n) is 8.54. The fraction of sp³-hybridized carbons (Fsp3) is 0.800. The van der Waals surface area contributed by atoms with Crippen LogP contribution in [0.25, 0.3) is 0 Å². The lowest BCUT2D eigenvalue weighted by Gasteiger charge is -2.47. The Morgan fingerprint density at radius 1 is 0.710 bits per heavy atom. The predicted octanol–water partition coefficient (Wildman–Crippen LogP) is 4.84. The number of halogens is 4. The van der Waals surface area contributed by atoms with Crippen LogP contribution >= 0.6 is 0 Å². The van der Waals surface area contributed by atoms with E-state index in [0.29, 0.717) is 0 Å². The molecular formula is C20H31BF4O6. The Bertz CT molecular complexity index is 657. The molecule has 0 bridgehead atoms. The van der Waals surface area contributed by atoms with Crippen molar-refractivity contribution in [3.8, 4) is 0 Å². The molecule has 0 radical (unpaired) electrons. The molecule has 2 aliphatic rings. The van der Waals surface area contributed by atoms with Crippen LogP contribution in [0.2, 0.25) is 0 Å². The van der Waals surface area contributed by atoms with Crippen molar-refractivity contribution in [2.75, 3.05) is 0 Å². The van der Waals surface area contributed by atoms with Gasteiger partial charge in [0.2, 0.25) is 0 Å². The molecule has 4 unspecified atom stereocenters. The molecule has 2 rings (SSSR count). The molecule has 11 heteroatoms. The van der Waals surface area contributed by atoms with Crippen molar-refractivity contribution in [2.24, 2.45) is 0 Å². The maximum atomic E-state index is 14.1. The van der Waals surface area contributed by atoms with Gasteiger partial charge in [-0.15, -0.1) is 0 Å². The first-order chi connectivity index (χ1) is 14.0. The molecule has 1 aliphatic carbocycles. The highest BCUT2D eigenvalue weighted by Gasteiger charge is 2.61. The minimum Gasteiger partial charge on any atom is -0.399 e. The number of rotatable bonds is 9. The molecule has 0 aromatic carbocycles. The van der Waals surface area contributed by atoms with Gasteiger partial charge in [0, 0.05) is 0 Å². The Hall–Kier alpha value is -0.975. The van der Waals surface area contributed by atoms with Gasteiger partial charge in [-0.2, -0.15) is 0 Å². The van der Waals surface area contributed by atoms with Gasteiger partial charge in [-0.3, -0.25) is 0 Å². The quantitative estimate of drug-likeness (QED) is 0.283. The first-order valence-electron chi connectivity index (χ1n) is 10.1. The molecule has 0 amide bonds. The molecule has 6 nitrogen and oxygen atoms in total. The number of ether oxygens (including phenoxy) is 4. The van der Waals surface area contributed by atoms with Crippen LogP contribution in [-0.2, 0) is 28.3 Å². The lowest BCUT2D eigenvalue weighted by Crippen LogP contribution is -2.63. The van der Waals surface area contributed by atoms with E-state index in [9.17, 15) is 17.6 Å². The molecular weight excluding hydrogens is 423 g/mol. The van der Waals surface area contributed by atoms with Crippen LogP contribution < -0.4 is 0 Å². The summed E-state index contributed by atoms with van der Waals surface area (Å²) >= 11 is 0. The normalized spacial score (nSPS) is 33.7. The van der Waals surface area contributed by atoms with Gasteiger partial charge in [0.05, 0.1) is 11.2 Å². The van der Waals surface area contributed by atoms with Crippen LogP contribution in [0.5, 0.6) is 0 Å². The summed E-state index contributed by atoms with van der Waals surface area (Å²) in [4.78, 5) is 0. The summed E-state index contributed by atoms with van der Waals surface area (Å²) in [5, 5.41) is 0. The van der Waals surface area contributed by atoms with E-state index in [1.807, 2.05) is 27.7 Å². The van der Waals surface area contributed by atoms with E-state index in [0.717, 1.165) is 39.8 Å². The van der Waals surface area contributed by atoms with E-state index >= 15 is 0 Å². The topological polar surface area (TPSA) is 55.4 Å². The highest BCUT2D eigenvalue weighted by molar-refractivity contribution is 6.55. The van der Waals surface area contributed by atoms with Crippen molar-refractivity contribution < 1.29 is 45.8 Å². The summed E-state index contributed by atoms with van der Waals surface area (Å²) in [7, 11) is -0.985. The Balaban J connectivity index is 2.63. The molecule has 0 spiro atoms. The maximum Gasteiger partial charge on any atom is 0.494 e. The van der Waals surface area contributed by atoms with E-state index in [1.165, 1.54) is 6.08 Å². The molecule has 0 saturated carbocycles. The third-order valence-corrected chi connectivity index (χ3v) is 5.21. The van der Waals surface area contributed by atoms with Gasteiger partial charge in [0.1, 0.15) is 0 Å². The van der Waals surface area contributed by atoms with Gasteiger partial charge in [-0.25, -0.2) is 17.6 Å². The van der Waals surface area contributed by atoms with Crippen molar-refractivity contribution in [3.05, 3.63) is 23.7 Å². The minimum absolute atomic E-state index is 0.237. The largest absolute Gasteiger partial charge is 0.494 e. The lowest BCUT2D eigenvalue weighted by atomic mass is 9.73. The highest BCUT2D eigenvalue weighted by Crippen LogP contribution is 2.46. The second kappa shape index (κ2) is 9.11. The summed E-state index contributed by atoms with van der Waals surface area (Å²) in [6.45, 7) is 11.3.